The highest BCUT2D eigenvalue weighted by molar-refractivity contribution is 5.89. The lowest BCUT2D eigenvalue weighted by Gasteiger charge is -2.18. The van der Waals surface area contributed by atoms with Crippen molar-refractivity contribution < 1.29 is 19.5 Å². The topological polar surface area (TPSA) is 109 Å². The molecule has 0 saturated heterocycles. The Bertz CT molecular complexity index is 502. The van der Waals surface area contributed by atoms with Gasteiger partial charge in [-0.15, -0.1) is 0 Å². The summed E-state index contributed by atoms with van der Waals surface area (Å²) in [4.78, 5) is 34.5. The molecular formula is C15H20N2O4. The number of aliphatic hydroxyl groups excluding tert-OH is 1. The monoisotopic (exact) mass is 292 g/mol. The highest BCUT2D eigenvalue weighted by Crippen LogP contribution is 2.12. The molecular weight excluding hydrogens is 272 g/mol. The number of Topliss-reactive ketones (excluding diaryl/α,β-unsaturated/α-hetero) is 1. The summed E-state index contributed by atoms with van der Waals surface area (Å²) in [5.74, 6) is -1.46. The van der Waals surface area contributed by atoms with Gasteiger partial charge in [-0.2, -0.15) is 0 Å². The summed E-state index contributed by atoms with van der Waals surface area (Å²) >= 11 is 0. The van der Waals surface area contributed by atoms with Crippen molar-refractivity contribution in [3.8, 4) is 0 Å². The third kappa shape index (κ3) is 5.35. The van der Waals surface area contributed by atoms with Crippen molar-refractivity contribution in [1.29, 1.82) is 0 Å². The molecule has 0 bridgehead atoms. The van der Waals surface area contributed by atoms with Crippen LogP contribution in [0.4, 0.5) is 0 Å². The third-order valence-electron chi connectivity index (χ3n) is 3.13. The van der Waals surface area contributed by atoms with Gasteiger partial charge >= 0.3 is 0 Å². The van der Waals surface area contributed by atoms with E-state index in [4.69, 9.17) is 5.73 Å². The van der Waals surface area contributed by atoms with Gasteiger partial charge in [0.2, 0.25) is 5.91 Å². The summed E-state index contributed by atoms with van der Waals surface area (Å²) in [6, 6.07) is 7.38. The van der Waals surface area contributed by atoms with Crippen LogP contribution in [0, 0.1) is 0 Å². The maximum Gasteiger partial charge on any atom is 0.254 e. The maximum atomic E-state index is 11.9. The van der Waals surface area contributed by atoms with Gasteiger partial charge in [0.1, 0.15) is 11.8 Å². The van der Waals surface area contributed by atoms with Crippen LogP contribution in [0.25, 0.3) is 0 Å². The van der Waals surface area contributed by atoms with E-state index in [1.165, 1.54) is 0 Å². The van der Waals surface area contributed by atoms with Crippen LogP contribution in [-0.4, -0.2) is 28.7 Å². The van der Waals surface area contributed by atoms with E-state index in [-0.39, 0.29) is 18.6 Å². The van der Waals surface area contributed by atoms with Crippen LogP contribution in [-0.2, 0) is 14.4 Å². The van der Waals surface area contributed by atoms with Gasteiger partial charge in [-0.25, -0.2) is 0 Å². The van der Waals surface area contributed by atoms with Gasteiger partial charge in [-0.1, -0.05) is 37.3 Å². The standard InChI is InChI=1S/C15H20N2O4/c1-2-11(18)8-9-12(14(16)20)17-15(21)13(19)10-6-4-3-5-7-10/h3-7,12-13,19H,2,8-9H2,1H3,(H2,16,20)(H,17,21)/t12-,13+/m1/s1. The number of amides is 2. The average Bonchev–Trinajstić information content (AvgIpc) is 2.50. The fourth-order valence-electron chi connectivity index (χ4n) is 1.81. The maximum absolute atomic E-state index is 11.9. The number of benzene rings is 1. The van der Waals surface area contributed by atoms with Crippen molar-refractivity contribution >= 4 is 17.6 Å². The SMILES string of the molecule is CCC(=O)CC[C@@H](NC(=O)[C@@H](O)c1ccccc1)C(N)=O. The zero-order valence-corrected chi connectivity index (χ0v) is 11.9. The molecule has 4 N–H and O–H groups in total. The van der Waals surface area contributed by atoms with Gasteiger partial charge in [-0.3, -0.25) is 14.4 Å². The van der Waals surface area contributed by atoms with Gasteiger partial charge < -0.3 is 16.2 Å². The lowest BCUT2D eigenvalue weighted by atomic mass is 10.1. The summed E-state index contributed by atoms with van der Waals surface area (Å²) in [7, 11) is 0. The van der Waals surface area contributed by atoms with Gasteiger partial charge in [0, 0.05) is 12.8 Å². The highest BCUT2D eigenvalue weighted by Gasteiger charge is 2.24. The molecule has 0 unspecified atom stereocenters. The van der Waals surface area contributed by atoms with E-state index in [2.05, 4.69) is 5.32 Å². The first-order valence-corrected chi connectivity index (χ1v) is 6.80. The Morgan fingerprint density at radius 3 is 2.38 bits per heavy atom. The minimum atomic E-state index is -1.38. The molecule has 0 aliphatic heterocycles. The molecule has 0 heterocycles. The zero-order valence-electron chi connectivity index (χ0n) is 11.9. The van der Waals surface area contributed by atoms with Crippen LogP contribution in [0.2, 0.25) is 0 Å². The molecule has 21 heavy (non-hydrogen) atoms. The van der Waals surface area contributed by atoms with Gasteiger partial charge in [-0.05, 0) is 12.0 Å². The minimum absolute atomic E-state index is 0.0147. The van der Waals surface area contributed by atoms with Crippen LogP contribution in [0.1, 0.15) is 37.9 Å². The number of nitrogens with one attached hydrogen (secondary N) is 1. The molecule has 1 aromatic carbocycles. The fourth-order valence-corrected chi connectivity index (χ4v) is 1.81. The minimum Gasteiger partial charge on any atom is -0.378 e. The predicted molar refractivity (Wildman–Crippen MR) is 77.1 cm³/mol. The third-order valence-corrected chi connectivity index (χ3v) is 3.13. The van der Waals surface area contributed by atoms with E-state index >= 15 is 0 Å². The van der Waals surface area contributed by atoms with Gasteiger partial charge in [0.15, 0.2) is 6.10 Å². The molecule has 114 valence electrons. The molecule has 0 saturated carbocycles. The lowest BCUT2D eigenvalue weighted by Crippen LogP contribution is -2.46. The smallest absolute Gasteiger partial charge is 0.254 e. The number of rotatable bonds is 8. The molecule has 0 aliphatic carbocycles. The van der Waals surface area contributed by atoms with Crippen LogP contribution < -0.4 is 11.1 Å². The van der Waals surface area contributed by atoms with E-state index in [1.807, 2.05) is 0 Å². The predicted octanol–water partition coefficient (Wildman–Crippen LogP) is 0.449. The molecule has 6 nitrogen and oxygen atoms in total. The van der Waals surface area contributed by atoms with Crippen molar-refractivity contribution in [3.05, 3.63) is 35.9 Å². The number of carbonyl (C=O) groups is 3. The summed E-state index contributed by atoms with van der Waals surface area (Å²) in [6.45, 7) is 1.72. The van der Waals surface area contributed by atoms with E-state index in [0.29, 0.717) is 12.0 Å². The summed E-state index contributed by atoms with van der Waals surface area (Å²) in [5, 5.41) is 12.3. The van der Waals surface area contributed by atoms with Crippen LogP contribution in [0.5, 0.6) is 0 Å². The number of carbonyl (C=O) groups excluding carboxylic acids is 3. The normalized spacial score (nSPS) is 13.2. The number of aliphatic hydroxyl groups is 1. The molecule has 2 amide bonds. The Hall–Kier alpha value is -2.21. The Balaban J connectivity index is 2.64. The first-order valence-electron chi connectivity index (χ1n) is 6.80. The molecule has 0 spiro atoms. The van der Waals surface area contributed by atoms with E-state index in [9.17, 15) is 19.5 Å². The van der Waals surface area contributed by atoms with Crippen molar-refractivity contribution in [2.45, 2.75) is 38.3 Å². The Kier molecular flexibility index (Phi) is 6.55. The molecule has 0 radical (unpaired) electrons. The molecule has 6 heteroatoms. The van der Waals surface area contributed by atoms with Crippen molar-refractivity contribution in [2.75, 3.05) is 0 Å². The summed E-state index contributed by atoms with van der Waals surface area (Å²) in [6.07, 6.45) is -0.720. The first-order chi connectivity index (χ1) is 9.95. The highest BCUT2D eigenvalue weighted by atomic mass is 16.3. The number of hydrogen-bond acceptors (Lipinski definition) is 4. The number of nitrogens with two attached hydrogens (primary N) is 1. The second-order valence-corrected chi connectivity index (χ2v) is 4.71. The average molecular weight is 292 g/mol. The second kappa shape index (κ2) is 8.16. The van der Waals surface area contributed by atoms with E-state index < -0.39 is 24.0 Å². The summed E-state index contributed by atoms with van der Waals surface area (Å²) < 4.78 is 0. The molecule has 0 aromatic heterocycles. The zero-order chi connectivity index (χ0) is 15.8. The number of primary amides is 1. The fraction of sp³-hybridized carbons (Fsp3) is 0.400. The molecule has 0 aliphatic rings. The summed E-state index contributed by atoms with van der Waals surface area (Å²) in [5.41, 5.74) is 5.62. The number of hydrogen-bond donors (Lipinski definition) is 3. The molecule has 2 atom stereocenters. The lowest BCUT2D eigenvalue weighted by molar-refractivity contribution is -0.133. The van der Waals surface area contributed by atoms with Crippen LogP contribution >= 0.6 is 0 Å². The van der Waals surface area contributed by atoms with Crippen molar-refractivity contribution in [2.24, 2.45) is 5.73 Å². The quantitative estimate of drug-likeness (QED) is 0.646. The largest absolute Gasteiger partial charge is 0.378 e. The second-order valence-electron chi connectivity index (χ2n) is 4.71. The van der Waals surface area contributed by atoms with Crippen molar-refractivity contribution in [3.63, 3.8) is 0 Å². The van der Waals surface area contributed by atoms with E-state index in [0.717, 1.165) is 0 Å². The van der Waals surface area contributed by atoms with E-state index in [1.54, 1.807) is 37.3 Å². The molecule has 1 aromatic rings. The van der Waals surface area contributed by atoms with Gasteiger partial charge in [0.05, 0.1) is 0 Å². The Morgan fingerprint density at radius 2 is 1.86 bits per heavy atom. The van der Waals surface area contributed by atoms with Gasteiger partial charge in [0.25, 0.3) is 5.91 Å². The van der Waals surface area contributed by atoms with Crippen LogP contribution in [0.3, 0.4) is 0 Å². The number of ketones is 1. The Morgan fingerprint density at radius 1 is 1.24 bits per heavy atom. The first kappa shape index (κ1) is 16.8. The Labute approximate surface area is 123 Å². The van der Waals surface area contributed by atoms with Crippen LogP contribution in [0.15, 0.2) is 30.3 Å². The molecule has 1 rings (SSSR count). The molecule has 0 fully saturated rings. The van der Waals surface area contributed by atoms with Crippen molar-refractivity contribution in [1.82, 2.24) is 5.32 Å².